The second-order valence-electron chi connectivity index (χ2n) is 4.36. The minimum Gasteiger partial charge on any atom is -0.394 e. The fourth-order valence-corrected chi connectivity index (χ4v) is 2.08. The summed E-state index contributed by atoms with van der Waals surface area (Å²) in [5.74, 6) is 0. The minimum absolute atomic E-state index is 0.00200. The topological polar surface area (TPSA) is 41.5 Å². The first kappa shape index (κ1) is 12.9. The Morgan fingerprint density at radius 3 is 2.87 bits per heavy atom. The summed E-state index contributed by atoms with van der Waals surface area (Å²) in [5.41, 5.74) is 0. The van der Waals surface area contributed by atoms with E-state index in [1.165, 1.54) is 25.7 Å². The molecule has 1 fully saturated rings. The Balaban J connectivity index is 2.15. The van der Waals surface area contributed by atoms with Crippen molar-refractivity contribution in [2.45, 2.75) is 57.6 Å². The van der Waals surface area contributed by atoms with Gasteiger partial charge in [-0.25, -0.2) is 0 Å². The molecule has 0 saturated carbocycles. The van der Waals surface area contributed by atoms with Gasteiger partial charge in [0.25, 0.3) is 0 Å². The van der Waals surface area contributed by atoms with Gasteiger partial charge in [-0.3, -0.25) is 0 Å². The zero-order valence-corrected chi connectivity index (χ0v) is 9.87. The molecule has 1 aliphatic heterocycles. The third-order valence-electron chi connectivity index (χ3n) is 3.06. The van der Waals surface area contributed by atoms with Crippen LogP contribution < -0.4 is 5.32 Å². The number of aliphatic hydroxyl groups is 1. The number of ether oxygens (including phenoxy) is 1. The number of hydrogen-bond donors (Lipinski definition) is 2. The van der Waals surface area contributed by atoms with Gasteiger partial charge >= 0.3 is 0 Å². The van der Waals surface area contributed by atoms with E-state index in [-0.39, 0.29) is 12.7 Å². The summed E-state index contributed by atoms with van der Waals surface area (Å²) in [6.07, 6.45) is 7.20. The summed E-state index contributed by atoms with van der Waals surface area (Å²) in [4.78, 5) is 0. The molecule has 0 amide bonds. The summed E-state index contributed by atoms with van der Waals surface area (Å²) in [6.45, 7) is 4.19. The molecule has 3 nitrogen and oxygen atoms in total. The van der Waals surface area contributed by atoms with Crippen LogP contribution in [0.5, 0.6) is 0 Å². The summed E-state index contributed by atoms with van der Waals surface area (Å²) in [7, 11) is 0. The van der Waals surface area contributed by atoms with Crippen LogP contribution in [0.2, 0.25) is 0 Å². The number of unbranched alkanes of at least 4 members (excludes halogenated alkanes) is 2. The Morgan fingerprint density at radius 1 is 1.40 bits per heavy atom. The molecule has 1 heterocycles. The molecule has 15 heavy (non-hydrogen) atoms. The molecule has 0 bridgehead atoms. The van der Waals surface area contributed by atoms with Crippen LogP contribution >= 0.6 is 0 Å². The molecule has 2 N–H and O–H groups in total. The fraction of sp³-hybridized carbons (Fsp3) is 1.00. The van der Waals surface area contributed by atoms with Crippen molar-refractivity contribution in [1.82, 2.24) is 5.32 Å². The maximum atomic E-state index is 9.27. The molecule has 1 rings (SSSR count). The van der Waals surface area contributed by atoms with Gasteiger partial charge in [0.2, 0.25) is 0 Å². The van der Waals surface area contributed by atoms with Crippen LogP contribution in [0.15, 0.2) is 0 Å². The lowest BCUT2D eigenvalue weighted by atomic mass is 10.0. The van der Waals surface area contributed by atoms with Gasteiger partial charge in [0.05, 0.1) is 12.7 Å². The van der Waals surface area contributed by atoms with E-state index in [1.807, 2.05) is 0 Å². The van der Waals surface area contributed by atoms with Crippen LogP contribution in [0.1, 0.15) is 45.4 Å². The number of piperidine rings is 1. The van der Waals surface area contributed by atoms with E-state index in [0.29, 0.717) is 6.04 Å². The molecule has 0 aromatic rings. The van der Waals surface area contributed by atoms with Crippen molar-refractivity contribution in [3.63, 3.8) is 0 Å². The van der Waals surface area contributed by atoms with Gasteiger partial charge in [-0.15, -0.1) is 0 Å². The fourth-order valence-electron chi connectivity index (χ4n) is 2.08. The van der Waals surface area contributed by atoms with Crippen molar-refractivity contribution in [2.24, 2.45) is 0 Å². The maximum absolute atomic E-state index is 9.27. The van der Waals surface area contributed by atoms with E-state index in [4.69, 9.17) is 4.74 Å². The third-order valence-corrected chi connectivity index (χ3v) is 3.06. The molecule has 90 valence electrons. The molecule has 1 saturated heterocycles. The van der Waals surface area contributed by atoms with Crippen LogP contribution in [-0.4, -0.2) is 37.0 Å². The molecule has 0 radical (unpaired) electrons. The molecule has 2 unspecified atom stereocenters. The number of rotatable bonds is 7. The van der Waals surface area contributed by atoms with Crippen LogP contribution in [0, 0.1) is 0 Å². The van der Waals surface area contributed by atoms with Crippen LogP contribution in [0.3, 0.4) is 0 Å². The quantitative estimate of drug-likeness (QED) is 0.635. The molecule has 0 aromatic heterocycles. The molecule has 1 aliphatic rings. The van der Waals surface area contributed by atoms with Gasteiger partial charge in [-0.05, 0) is 25.8 Å². The highest BCUT2D eigenvalue weighted by molar-refractivity contribution is 4.80. The van der Waals surface area contributed by atoms with Crippen molar-refractivity contribution >= 4 is 0 Å². The SMILES string of the molecule is CCCCCOC(CO)C1CCCCN1. The predicted molar refractivity (Wildman–Crippen MR) is 62.0 cm³/mol. The first-order valence-electron chi connectivity index (χ1n) is 6.34. The number of aliphatic hydroxyl groups excluding tert-OH is 1. The lowest BCUT2D eigenvalue weighted by Gasteiger charge is -2.30. The number of nitrogens with one attached hydrogen (secondary N) is 1. The van der Waals surface area contributed by atoms with Crippen LogP contribution in [-0.2, 0) is 4.74 Å². The van der Waals surface area contributed by atoms with Crippen molar-refractivity contribution in [3.05, 3.63) is 0 Å². The van der Waals surface area contributed by atoms with Crippen LogP contribution in [0.4, 0.5) is 0 Å². The van der Waals surface area contributed by atoms with Gasteiger partial charge in [0.1, 0.15) is 0 Å². The molecular weight excluding hydrogens is 190 g/mol. The normalized spacial score (nSPS) is 24.0. The average molecular weight is 215 g/mol. The van der Waals surface area contributed by atoms with E-state index in [1.54, 1.807) is 0 Å². The zero-order valence-electron chi connectivity index (χ0n) is 9.87. The first-order chi connectivity index (χ1) is 7.38. The Bertz CT molecular complexity index is 147. The van der Waals surface area contributed by atoms with Crippen molar-refractivity contribution < 1.29 is 9.84 Å². The molecule has 0 spiro atoms. The Hall–Kier alpha value is -0.120. The Morgan fingerprint density at radius 2 is 2.27 bits per heavy atom. The summed E-state index contributed by atoms with van der Waals surface area (Å²) >= 11 is 0. The standard InChI is InChI=1S/C12H25NO2/c1-2-3-6-9-15-12(10-14)11-7-4-5-8-13-11/h11-14H,2-10H2,1H3. The van der Waals surface area contributed by atoms with Gasteiger partial charge in [0.15, 0.2) is 0 Å². The highest BCUT2D eigenvalue weighted by atomic mass is 16.5. The molecule has 3 heteroatoms. The minimum atomic E-state index is 0.00200. The highest BCUT2D eigenvalue weighted by Gasteiger charge is 2.22. The van der Waals surface area contributed by atoms with Crippen molar-refractivity contribution in [1.29, 1.82) is 0 Å². The van der Waals surface area contributed by atoms with Crippen molar-refractivity contribution in [2.75, 3.05) is 19.8 Å². The van der Waals surface area contributed by atoms with E-state index >= 15 is 0 Å². The van der Waals surface area contributed by atoms with Gasteiger partial charge in [0, 0.05) is 12.6 Å². The monoisotopic (exact) mass is 215 g/mol. The zero-order chi connectivity index (χ0) is 10.9. The van der Waals surface area contributed by atoms with Crippen molar-refractivity contribution in [3.8, 4) is 0 Å². The van der Waals surface area contributed by atoms with Crippen LogP contribution in [0.25, 0.3) is 0 Å². The summed E-state index contributed by atoms with van der Waals surface area (Å²) in [6, 6.07) is 0.366. The maximum Gasteiger partial charge on any atom is 0.0958 e. The van der Waals surface area contributed by atoms with Gasteiger partial charge in [-0.1, -0.05) is 26.2 Å². The second-order valence-corrected chi connectivity index (χ2v) is 4.36. The molecule has 0 aromatic carbocycles. The smallest absolute Gasteiger partial charge is 0.0958 e. The first-order valence-corrected chi connectivity index (χ1v) is 6.34. The lowest BCUT2D eigenvalue weighted by Crippen LogP contribution is -2.46. The molecule has 0 aliphatic carbocycles. The lowest BCUT2D eigenvalue weighted by molar-refractivity contribution is -0.0167. The largest absolute Gasteiger partial charge is 0.394 e. The van der Waals surface area contributed by atoms with E-state index in [2.05, 4.69) is 12.2 Å². The second kappa shape index (κ2) is 8.08. The summed E-state index contributed by atoms with van der Waals surface area (Å²) in [5, 5.41) is 12.7. The predicted octanol–water partition coefficient (Wildman–Crippen LogP) is 1.70. The van der Waals surface area contributed by atoms with Gasteiger partial charge in [-0.2, -0.15) is 0 Å². The Kier molecular flexibility index (Phi) is 6.98. The van der Waals surface area contributed by atoms with E-state index in [9.17, 15) is 5.11 Å². The molecular formula is C12H25NO2. The average Bonchev–Trinajstić information content (AvgIpc) is 2.30. The molecule has 2 atom stereocenters. The highest BCUT2D eigenvalue weighted by Crippen LogP contribution is 2.13. The van der Waals surface area contributed by atoms with E-state index < -0.39 is 0 Å². The Labute approximate surface area is 93.2 Å². The van der Waals surface area contributed by atoms with Gasteiger partial charge < -0.3 is 15.2 Å². The number of hydrogen-bond acceptors (Lipinski definition) is 3. The van der Waals surface area contributed by atoms with E-state index in [0.717, 1.165) is 26.0 Å². The third kappa shape index (κ3) is 4.96. The summed E-state index contributed by atoms with van der Waals surface area (Å²) < 4.78 is 5.72.